The zero-order chi connectivity index (χ0) is 26.5. The maximum absolute atomic E-state index is 13.1. The quantitative estimate of drug-likeness (QED) is 0.586. The number of aromatic nitrogens is 2. The molecule has 3 aliphatic rings. The van der Waals surface area contributed by atoms with Gasteiger partial charge in [-0.05, 0) is 49.6 Å². The lowest BCUT2D eigenvalue weighted by molar-refractivity contribution is -0.143. The van der Waals surface area contributed by atoms with Crippen molar-refractivity contribution in [2.45, 2.75) is 69.9 Å². The molecule has 202 valence electrons. The molecule has 1 aromatic heterocycles. The van der Waals surface area contributed by atoms with Gasteiger partial charge in [0, 0.05) is 31.7 Å². The number of carbonyl (C=O) groups excluding carboxylic acids is 1. The van der Waals surface area contributed by atoms with E-state index in [1.165, 1.54) is 17.7 Å². The van der Waals surface area contributed by atoms with Gasteiger partial charge in [0.15, 0.2) is 0 Å². The Morgan fingerprint density at radius 1 is 1.03 bits per heavy atom. The van der Waals surface area contributed by atoms with E-state index in [0.29, 0.717) is 30.8 Å². The van der Waals surface area contributed by atoms with E-state index in [1.807, 2.05) is 10.7 Å². The van der Waals surface area contributed by atoms with Crippen LogP contribution in [0, 0.1) is 0 Å². The van der Waals surface area contributed by atoms with Crippen LogP contribution < -0.4 is 5.32 Å². The number of carbonyl (C=O) groups is 1. The average molecular weight is 532 g/mol. The molecule has 4 heterocycles. The molecule has 0 spiro atoms. The van der Waals surface area contributed by atoms with Crippen molar-refractivity contribution in [2.24, 2.45) is 0 Å². The molecule has 7 nitrogen and oxygen atoms in total. The summed E-state index contributed by atoms with van der Waals surface area (Å²) in [4.78, 5) is 16.4. The molecular formula is C24H27F6N5O2. The van der Waals surface area contributed by atoms with Gasteiger partial charge in [-0.3, -0.25) is 9.58 Å². The molecule has 0 radical (unpaired) electrons. The highest BCUT2D eigenvalue weighted by Crippen LogP contribution is 2.36. The molecular weight excluding hydrogens is 504 g/mol. The lowest BCUT2D eigenvalue weighted by atomic mass is 10.1. The van der Waals surface area contributed by atoms with Crippen molar-refractivity contribution in [2.75, 3.05) is 19.6 Å². The van der Waals surface area contributed by atoms with Gasteiger partial charge in [0.25, 0.3) is 0 Å². The lowest BCUT2D eigenvalue weighted by Crippen LogP contribution is -2.51. The van der Waals surface area contributed by atoms with E-state index in [2.05, 4.69) is 17.1 Å². The second-order valence-electron chi connectivity index (χ2n) is 9.94. The summed E-state index contributed by atoms with van der Waals surface area (Å²) in [5, 5.41) is 8.31. The molecule has 37 heavy (non-hydrogen) atoms. The van der Waals surface area contributed by atoms with Crippen LogP contribution in [0.2, 0.25) is 0 Å². The molecule has 0 aliphatic carbocycles. The van der Waals surface area contributed by atoms with Gasteiger partial charge in [0.1, 0.15) is 6.61 Å². The minimum atomic E-state index is -4.97. The summed E-state index contributed by atoms with van der Waals surface area (Å²) in [5.41, 5.74) is -1.60. The van der Waals surface area contributed by atoms with E-state index >= 15 is 0 Å². The minimum absolute atomic E-state index is 0.0426. The van der Waals surface area contributed by atoms with E-state index < -0.39 is 41.7 Å². The van der Waals surface area contributed by atoms with Crippen LogP contribution in [0.25, 0.3) is 0 Å². The zero-order valence-electron chi connectivity index (χ0n) is 20.1. The van der Waals surface area contributed by atoms with Gasteiger partial charge in [-0.25, -0.2) is 4.79 Å². The molecule has 3 atom stereocenters. The van der Waals surface area contributed by atoms with Crippen LogP contribution in [0.3, 0.4) is 0 Å². The summed E-state index contributed by atoms with van der Waals surface area (Å²) in [6, 6.07) is 4.19. The van der Waals surface area contributed by atoms with Gasteiger partial charge in [0.05, 0.1) is 41.6 Å². The van der Waals surface area contributed by atoms with Crippen molar-refractivity contribution in [1.29, 1.82) is 0 Å². The van der Waals surface area contributed by atoms with Crippen LogP contribution in [0.1, 0.15) is 53.9 Å². The van der Waals surface area contributed by atoms with Crippen molar-refractivity contribution < 1.29 is 35.9 Å². The average Bonchev–Trinajstić information content (AvgIpc) is 3.42. The SMILES string of the molecule is CC(c1cc2n(n1)CCN(C(=O)OCc1cc(C(F)(F)F)cc(C(F)(F)F)c1)C2)N1CC2CCC(C1)N2. The van der Waals surface area contributed by atoms with Crippen molar-refractivity contribution in [3.8, 4) is 0 Å². The maximum Gasteiger partial charge on any atom is 0.416 e. The molecule has 3 aliphatic heterocycles. The molecule has 2 bridgehead atoms. The van der Waals surface area contributed by atoms with Crippen LogP contribution in [0.15, 0.2) is 24.3 Å². The number of piperazine rings is 1. The lowest BCUT2D eigenvalue weighted by Gasteiger charge is -2.36. The third-order valence-corrected chi connectivity index (χ3v) is 7.31. The van der Waals surface area contributed by atoms with Crippen molar-refractivity contribution >= 4 is 6.09 Å². The topological polar surface area (TPSA) is 62.6 Å². The first-order chi connectivity index (χ1) is 17.4. The smallest absolute Gasteiger partial charge is 0.416 e. The summed E-state index contributed by atoms with van der Waals surface area (Å²) in [5.74, 6) is 0. The van der Waals surface area contributed by atoms with Crippen molar-refractivity contribution in [3.63, 3.8) is 0 Å². The fraction of sp³-hybridized carbons (Fsp3) is 0.583. The molecule has 2 aromatic rings. The Balaban J connectivity index is 1.23. The first kappa shape index (κ1) is 25.8. The number of ether oxygens (including phenoxy) is 1. The van der Waals surface area contributed by atoms with Crippen LogP contribution in [0.4, 0.5) is 31.1 Å². The highest BCUT2D eigenvalue weighted by Gasteiger charge is 2.38. The third kappa shape index (κ3) is 5.57. The van der Waals surface area contributed by atoms with Gasteiger partial charge in [-0.2, -0.15) is 31.4 Å². The van der Waals surface area contributed by atoms with Crippen LogP contribution >= 0.6 is 0 Å². The van der Waals surface area contributed by atoms with E-state index in [4.69, 9.17) is 9.84 Å². The summed E-state index contributed by atoms with van der Waals surface area (Å²) in [6.45, 7) is 4.14. The molecule has 1 aromatic carbocycles. The third-order valence-electron chi connectivity index (χ3n) is 7.31. The molecule has 3 unspecified atom stereocenters. The number of halogens is 6. The fourth-order valence-corrected chi connectivity index (χ4v) is 5.32. The number of amides is 1. The molecule has 5 rings (SSSR count). The molecule has 2 saturated heterocycles. The Morgan fingerprint density at radius 3 is 2.24 bits per heavy atom. The van der Waals surface area contributed by atoms with Crippen LogP contribution in [0.5, 0.6) is 0 Å². The normalized spacial score (nSPS) is 23.2. The summed E-state index contributed by atoms with van der Waals surface area (Å²) in [7, 11) is 0. The monoisotopic (exact) mass is 531 g/mol. The number of rotatable bonds is 4. The number of nitrogens with one attached hydrogen (secondary N) is 1. The van der Waals surface area contributed by atoms with Gasteiger partial charge >= 0.3 is 18.4 Å². The second kappa shape index (κ2) is 9.50. The van der Waals surface area contributed by atoms with Crippen LogP contribution in [-0.2, 0) is 36.8 Å². The number of hydrogen-bond acceptors (Lipinski definition) is 5. The number of likely N-dealkylation sites (tertiary alicyclic amines) is 1. The summed E-state index contributed by atoms with van der Waals surface area (Å²) in [6.07, 6.45) is -8.41. The molecule has 13 heteroatoms. The Kier molecular flexibility index (Phi) is 6.63. The van der Waals surface area contributed by atoms with Crippen molar-refractivity contribution in [1.82, 2.24) is 24.9 Å². The predicted octanol–water partition coefficient (Wildman–Crippen LogP) is 4.57. The molecule has 2 fully saturated rings. The summed E-state index contributed by atoms with van der Waals surface area (Å²) < 4.78 is 85.5. The fourth-order valence-electron chi connectivity index (χ4n) is 5.32. The van der Waals surface area contributed by atoms with E-state index in [1.54, 1.807) is 0 Å². The first-order valence-corrected chi connectivity index (χ1v) is 12.1. The predicted molar refractivity (Wildman–Crippen MR) is 119 cm³/mol. The van der Waals surface area contributed by atoms with E-state index in [0.717, 1.165) is 24.5 Å². The standard InChI is InChI=1S/C24H27F6N5O2/c1-14(34-10-18-2-3-19(11-34)31-18)21-9-20-12-33(4-5-35(20)32-21)22(36)37-13-15-6-16(23(25,26)27)8-17(7-15)24(28,29)30/h6-9,14,18-19,31H,2-5,10-13H2,1H3. The first-order valence-electron chi connectivity index (χ1n) is 12.1. The molecule has 1 N–H and O–H groups in total. The Hall–Kier alpha value is -2.80. The Morgan fingerprint density at radius 2 is 1.65 bits per heavy atom. The van der Waals surface area contributed by atoms with Gasteiger partial charge < -0.3 is 15.0 Å². The summed E-state index contributed by atoms with van der Waals surface area (Å²) >= 11 is 0. The Bertz CT molecular complexity index is 1120. The largest absolute Gasteiger partial charge is 0.445 e. The van der Waals surface area contributed by atoms with Crippen LogP contribution in [-0.4, -0.2) is 57.4 Å². The maximum atomic E-state index is 13.1. The number of hydrogen-bond donors (Lipinski definition) is 1. The van der Waals surface area contributed by atoms with Crippen molar-refractivity contribution in [3.05, 3.63) is 52.3 Å². The van der Waals surface area contributed by atoms with Gasteiger partial charge in [0.2, 0.25) is 0 Å². The highest BCUT2D eigenvalue weighted by molar-refractivity contribution is 5.67. The molecule has 0 saturated carbocycles. The van der Waals surface area contributed by atoms with E-state index in [-0.39, 0.29) is 25.2 Å². The number of alkyl halides is 6. The van der Waals surface area contributed by atoms with E-state index in [9.17, 15) is 31.1 Å². The second-order valence-corrected chi connectivity index (χ2v) is 9.94. The number of fused-ring (bicyclic) bond motifs is 3. The minimum Gasteiger partial charge on any atom is -0.445 e. The van der Waals surface area contributed by atoms with Gasteiger partial charge in [-0.1, -0.05) is 0 Å². The number of nitrogens with zero attached hydrogens (tertiary/aromatic N) is 4. The highest BCUT2D eigenvalue weighted by atomic mass is 19.4. The zero-order valence-corrected chi connectivity index (χ0v) is 20.1. The molecule has 1 amide bonds. The van der Waals surface area contributed by atoms with Gasteiger partial charge in [-0.15, -0.1) is 0 Å². The Labute approximate surface area is 209 Å². The number of benzene rings is 1.